The Morgan fingerprint density at radius 2 is 1.91 bits per heavy atom. The Labute approximate surface area is 136 Å². The van der Waals surface area contributed by atoms with Gasteiger partial charge in [0.2, 0.25) is 0 Å². The van der Waals surface area contributed by atoms with Gasteiger partial charge >= 0.3 is 0 Å². The highest BCUT2D eigenvalue weighted by atomic mass is 16.3. The second-order valence-electron chi connectivity index (χ2n) is 6.76. The number of hydrogen-bond donors (Lipinski definition) is 1. The van der Waals surface area contributed by atoms with Crippen LogP contribution >= 0.6 is 0 Å². The van der Waals surface area contributed by atoms with Crippen LogP contribution in [0, 0.1) is 5.92 Å². The third-order valence-corrected chi connectivity index (χ3v) is 4.35. The number of aryl methyl sites for hydroxylation is 1. The van der Waals surface area contributed by atoms with E-state index in [4.69, 9.17) is 0 Å². The summed E-state index contributed by atoms with van der Waals surface area (Å²) in [7, 11) is 0. The van der Waals surface area contributed by atoms with Gasteiger partial charge in [0.15, 0.2) is 0 Å². The second kappa shape index (κ2) is 8.82. The van der Waals surface area contributed by atoms with Gasteiger partial charge in [-0.2, -0.15) is 0 Å². The second-order valence-corrected chi connectivity index (χ2v) is 6.76. The van der Waals surface area contributed by atoms with Gasteiger partial charge in [-0.15, -0.1) is 0 Å². The van der Waals surface area contributed by atoms with Crippen LogP contribution in [-0.4, -0.2) is 5.11 Å². The van der Waals surface area contributed by atoms with E-state index in [1.54, 1.807) is 0 Å². The van der Waals surface area contributed by atoms with Crippen LogP contribution in [0.3, 0.4) is 0 Å². The fourth-order valence-electron chi connectivity index (χ4n) is 2.77. The molecular formula is C21H32O. The summed E-state index contributed by atoms with van der Waals surface area (Å²) in [6.07, 6.45) is 6.95. The first-order valence-corrected chi connectivity index (χ1v) is 8.49. The SMILES string of the molecule is C=C(C)C(C)C(C=C(C)C)c1ccc(CCCCC)cc1O. The topological polar surface area (TPSA) is 20.2 Å². The molecule has 122 valence electrons. The molecular weight excluding hydrogens is 268 g/mol. The lowest BCUT2D eigenvalue weighted by molar-refractivity contribution is 0.456. The minimum atomic E-state index is 0.187. The summed E-state index contributed by atoms with van der Waals surface area (Å²) in [6, 6.07) is 6.21. The van der Waals surface area contributed by atoms with Crippen LogP contribution in [-0.2, 0) is 6.42 Å². The van der Waals surface area contributed by atoms with Gasteiger partial charge in [-0.05, 0) is 51.2 Å². The smallest absolute Gasteiger partial charge is 0.119 e. The van der Waals surface area contributed by atoms with E-state index in [9.17, 15) is 5.11 Å². The minimum absolute atomic E-state index is 0.187. The van der Waals surface area contributed by atoms with Gasteiger partial charge in [-0.1, -0.05) is 62.6 Å². The Kier molecular flexibility index (Phi) is 7.44. The molecule has 0 fully saturated rings. The number of benzene rings is 1. The number of unbranched alkanes of at least 4 members (excludes halogenated alkanes) is 2. The third kappa shape index (κ3) is 5.36. The van der Waals surface area contributed by atoms with Gasteiger partial charge in [0, 0.05) is 11.5 Å². The average molecular weight is 300 g/mol. The maximum Gasteiger partial charge on any atom is 0.119 e. The zero-order valence-electron chi connectivity index (χ0n) is 14.9. The van der Waals surface area contributed by atoms with E-state index in [0.717, 1.165) is 17.6 Å². The highest BCUT2D eigenvalue weighted by Gasteiger charge is 2.20. The fourth-order valence-corrected chi connectivity index (χ4v) is 2.77. The summed E-state index contributed by atoms with van der Waals surface area (Å²) in [5, 5.41) is 10.5. The van der Waals surface area contributed by atoms with Crippen molar-refractivity contribution in [1.82, 2.24) is 0 Å². The van der Waals surface area contributed by atoms with Crippen LogP contribution < -0.4 is 0 Å². The molecule has 0 heterocycles. The monoisotopic (exact) mass is 300 g/mol. The van der Waals surface area contributed by atoms with Crippen LogP contribution in [0.5, 0.6) is 5.75 Å². The molecule has 0 saturated carbocycles. The maximum absolute atomic E-state index is 10.5. The van der Waals surface area contributed by atoms with Gasteiger partial charge in [-0.3, -0.25) is 0 Å². The highest BCUT2D eigenvalue weighted by molar-refractivity contribution is 5.42. The van der Waals surface area contributed by atoms with Crippen LogP contribution in [0.25, 0.3) is 0 Å². The molecule has 22 heavy (non-hydrogen) atoms. The van der Waals surface area contributed by atoms with Crippen molar-refractivity contribution in [2.24, 2.45) is 5.92 Å². The van der Waals surface area contributed by atoms with Crippen molar-refractivity contribution >= 4 is 0 Å². The molecule has 0 aromatic heterocycles. The first-order chi connectivity index (χ1) is 10.4. The van der Waals surface area contributed by atoms with Crippen molar-refractivity contribution in [2.75, 3.05) is 0 Å². The van der Waals surface area contributed by atoms with E-state index < -0.39 is 0 Å². The average Bonchev–Trinajstić information content (AvgIpc) is 2.44. The lowest BCUT2D eigenvalue weighted by Crippen LogP contribution is -2.09. The number of phenols is 1. The number of aromatic hydroxyl groups is 1. The molecule has 0 aliphatic heterocycles. The zero-order chi connectivity index (χ0) is 16.7. The normalized spacial score (nSPS) is 13.5. The Morgan fingerprint density at radius 1 is 1.23 bits per heavy atom. The van der Waals surface area contributed by atoms with E-state index >= 15 is 0 Å². The molecule has 2 atom stereocenters. The molecule has 0 spiro atoms. The quantitative estimate of drug-likeness (QED) is 0.436. The molecule has 0 aliphatic rings. The number of rotatable bonds is 8. The third-order valence-electron chi connectivity index (χ3n) is 4.35. The van der Waals surface area contributed by atoms with Crippen LogP contribution in [0.1, 0.15) is 70.9 Å². The Balaban J connectivity index is 3.05. The highest BCUT2D eigenvalue weighted by Crippen LogP contribution is 2.36. The minimum Gasteiger partial charge on any atom is -0.508 e. The number of allylic oxidation sites excluding steroid dienone is 3. The molecule has 0 saturated heterocycles. The van der Waals surface area contributed by atoms with E-state index in [2.05, 4.69) is 59.4 Å². The summed E-state index contributed by atoms with van der Waals surface area (Å²) in [5.74, 6) is 0.920. The van der Waals surface area contributed by atoms with E-state index in [1.807, 2.05) is 6.07 Å². The molecule has 1 aromatic rings. The van der Waals surface area contributed by atoms with Crippen molar-refractivity contribution in [2.45, 2.75) is 66.2 Å². The summed E-state index contributed by atoms with van der Waals surface area (Å²) in [4.78, 5) is 0. The van der Waals surface area contributed by atoms with Crippen molar-refractivity contribution in [3.05, 3.63) is 53.1 Å². The molecule has 0 radical (unpaired) electrons. The molecule has 1 aromatic carbocycles. The first-order valence-electron chi connectivity index (χ1n) is 8.49. The summed E-state index contributed by atoms with van der Waals surface area (Å²) in [6.45, 7) is 14.8. The van der Waals surface area contributed by atoms with E-state index in [-0.39, 0.29) is 5.92 Å². The van der Waals surface area contributed by atoms with Crippen LogP contribution in [0.2, 0.25) is 0 Å². The molecule has 1 rings (SSSR count). The molecule has 1 N–H and O–H groups in total. The van der Waals surface area contributed by atoms with Crippen molar-refractivity contribution < 1.29 is 5.11 Å². The van der Waals surface area contributed by atoms with Gasteiger partial charge in [0.05, 0.1) is 0 Å². The van der Waals surface area contributed by atoms with Gasteiger partial charge in [-0.25, -0.2) is 0 Å². The lowest BCUT2D eigenvalue weighted by atomic mass is 9.81. The van der Waals surface area contributed by atoms with Gasteiger partial charge in [0.1, 0.15) is 5.75 Å². The molecule has 1 heteroatoms. The van der Waals surface area contributed by atoms with E-state index in [0.29, 0.717) is 11.7 Å². The number of phenolic OH excluding ortho intramolecular Hbond substituents is 1. The molecule has 2 unspecified atom stereocenters. The molecule has 1 nitrogen and oxygen atoms in total. The largest absolute Gasteiger partial charge is 0.508 e. The van der Waals surface area contributed by atoms with Crippen molar-refractivity contribution in [3.63, 3.8) is 0 Å². The van der Waals surface area contributed by atoms with Crippen molar-refractivity contribution in [1.29, 1.82) is 0 Å². The van der Waals surface area contributed by atoms with Crippen LogP contribution in [0.15, 0.2) is 42.0 Å². The predicted octanol–water partition coefficient (Wildman–Crippen LogP) is 6.39. The molecule has 0 bridgehead atoms. The summed E-state index contributed by atoms with van der Waals surface area (Å²) >= 11 is 0. The fraction of sp³-hybridized carbons (Fsp3) is 0.524. The summed E-state index contributed by atoms with van der Waals surface area (Å²) in [5.41, 5.74) is 4.66. The Hall–Kier alpha value is -1.50. The van der Waals surface area contributed by atoms with E-state index in [1.165, 1.54) is 30.4 Å². The Bertz CT molecular complexity index is 521. The first kappa shape index (κ1) is 18.5. The number of hydrogen-bond acceptors (Lipinski definition) is 1. The molecule has 0 aliphatic carbocycles. The van der Waals surface area contributed by atoms with Crippen molar-refractivity contribution in [3.8, 4) is 5.75 Å². The maximum atomic E-state index is 10.5. The predicted molar refractivity (Wildman–Crippen MR) is 97.5 cm³/mol. The van der Waals surface area contributed by atoms with Gasteiger partial charge < -0.3 is 5.11 Å². The lowest BCUT2D eigenvalue weighted by Gasteiger charge is -2.23. The standard InChI is InChI=1S/C21H32O/c1-7-8-9-10-18-11-12-19(21(22)14-18)20(13-15(2)3)17(6)16(4)5/h11-14,17,20,22H,4,7-10H2,1-3,5-6H3. The molecule has 0 amide bonds. The summed E-state index contributed by atoms with van der Waals surface area (Å²) < 4.78 is 0. The Morgan fingerprint density at radius 3 is 2.41 bits per heavy atom. The zero-order valence-corrected chi connectivity index (χ0v) is 14.9. The van der Waals surface area contributed by atoms with Crippen LogP contribution in [0.4, 0.5) is 0 Å². The van der Waals surface area contributed by atoms with Gasteiger partial charge in [0.25, 0.3) is 0 Å².